The molecule has 0 aromatic rings. The fourth-order valence-electron chi connectivity index (χ4n) is 2.92. The molecule has 2 aliphatic rings. The standard InChI is InChI=1S/C14H24N2O3S/c1-14(2)8-10(7-11(17)9-14)12-15-5-6-20(12)19-13(18)16(3)4/h10,20H,5-9H2,1-4H3. The number of ketones is 1. The first kappa shape index (κ1) is 15.4. The zero-order valence-electron chi connectivity index (χ0n) is 12.7. The topological polar surface area (TPSA) is 59.0 Å². The van der Waals surface area contributed by atoms with Crippen LogP contribution in [0.5, 0.6) is 0 Å². The Balaban J connectivity index is 2.07. The van der Waals surface area contributed by atoms with Gasteiger partial charge in [0.25, 0.3) is 0 Å². The second-order valence-corrected chi connectivity index (χ2v) is 8.42. The number of nitrogens with zero attached hydrogens (tertiary/aromatic N) is 2. The van der Waals surface area contributed by atoms with Crippen molar-refractivity contribution in [3.05, 3.63) is 0 Å². The van der Waals surface area contributed by atoms with Crippen LogP contribution in [-0.4, -0.2) is 48.2 Å². The van der Waals surface area contributed by atoms with Crippen molar-refractivity contribution in [2.45, 2.75) is 33.1 Å². The van der Waals surface area contributed by atoms with Gasteiger partial charge in [0.15, 0.2) is 0 Å². The smallest absolute Gasteiger partial charge is 0.396 e. The van der Waals surface area contributed by atoms with Gasteiger partial charge in [-0.1, -0.05) is 25.0 Å². The summed E-state index contributed by atoms with van der Waals surface area (Å²) in [7, 11) is 3.36. The summed E-state index contributed by atoms with van der Waals surface area (Å²) < 4.78 is 5.55. The number of hydrogen-bond donors (Lipinski definition) is 1. The molecule has 1 saturated carbocycles. The number of aliphatic imine (C=N–C) groups is 1. The van der Waals surface area contributed by atoms with E-state index in [1.165, 1.54) is 4.90 Å². The van der Waals surface area contributed by atoms with Gasteiger partial charge in [0.1, 0.15) is 5.78 Å². The summed E-state index contributed by atoms with van der Waals surface area (Å²) in [6, 6.07) is 0. The molecule has 1 aliphatic carbocycles. The molecule has 1 heterocycles. The predicted molar refractivity (Wildman–Crippen MR) is 82.5 cm³/mol. The second-order valence-electron chi connectivity index (χ2n) is 6.58. The van der Waals surface area contributed by atoms with Crippen LogP contribution >= 0.6 is 11.2 Å². The van der Waals surface area contributed by atoms with Crippen LogP contribution < -0.4 is 0 Å². The third kappa shape index (κ3) is 3.53. The molecule has 0 aromatic heterocycles. The third-order valence-corrected chi connectivity index (χ3v) is 5.70. The largest absolute Gasteiger partial charge is 0.419 e. The Bertz CT molecular complexity index is 446. The Morgan fingerprint density at radius 1 is 1.45 bits per heavy atom. The van der Waals surface area contributed by atoms with Gasteiger partial charge in [-0.15, -0.1) is 0 Å². The van der Waals surface area contributed by atoms with E-state index in [1.54, 1.807) is 14.1 Å². The molecule has 2 rings (SSSR count). The van der Waals surface area contributed by atoms with Gasteiger partial charge in [0, 0.05) is 38.6 Å². The lowest BCUT2D eigenvalue weighted by atomic mass is 9.72. The van der Waals surface area contributed by atoms with E-state index >= 15 is 0 Å². The number of carbonyl (C=O) groups is 2. The first-order chi connectivity index (χ1) is 9.28. The summed E-state index contributed by atoms with van der Waals surface area (Å²) in [5, 5.41) is 0.983. The quantitative estimate of drug-likeness (QED) is 0.797. The molecule has 0 saturated heterocycles. The molecule has 1 amide bonds. The first-order valence-corrected chi connectivity index (χ1v) is 8.46. The molecule has 20 heavy (non-hydrogen) atoms. The number of Topliss-reactive ketones (excluding diaryl/α,β-unsaturated/α-hetero) is 1. The maximum atomic E-state index is 11.9. The lowest BCUT2D eigenvalue weighted by molar-refractivity contribution is -0.123. The molecule has 0 radical (unpaired) electrons. The normalized spacial score (nSPS) is 30.8. The molecule has 114 valence electrons. The Morgan fingerprint density at radius 3 is 2.75 bits per heavy atom. The lowest BCUT2D eigenvalue weighted by Crippen LogP contribution is -2.33. The van der Waals surface area contributed by atoms with Crippen molar-refractivity contribution in [1.29, 1.82) is 0 Å². The van der Waals surface area contributed by atoms with Gasteiger partial charge >= 0.3 is 6.09 Å². The van der Waals surface area contributed by atoms with E-state index in [1.807, 2.05) is 0 Å². The Kier molecular flexibility index (Phi) is 4.42. The van der Waals surface area contributed by atoms with Gasteiger partial charge in [0.05, 0.1) is 11.6 Å². The maximum Gasteiger partial charge on any atom is 0.419 e. The molecular weight excluding hydrogens is 276 g/mol. The number of amides is 1. The Morgan fingerprint density at radius 2 is 2.15 bits per heavy atom. The van der Waals surface area contributed by atoms with Gasteiger partial charge in [0.2, 0.25) is 0 Å². The van der Waals surface area contributed by atoms with E-state index < -0.39 is 11.2 Å². The highest BCUT2D eigenvalue weighted by Crippen LogP contribution is 2.45. The minimum atomic E-state index is -0.957. The summed E-state index contributed by atoms with van der Waals surface area (Å²) in [5.41, 5.74) is 0.0255. The van der Waals surface area contributed by atoms with Gasteiger partial charge in [-0.25, -0.2) is 4.79 Å². The highest BCUT2D eigenvalue weighted by molar-refractivity contribution is 8.26. The molecule has 5 nitrogen and oxygen atoms in total. The first-order valence-electron chi connectivity index (χ1n) is 7.01. The van der Waals surface area contributed by atoms with Crippen LogP contribution in [0.15, 0.2) is 4.99 Å². The summed E-state index contributed by atoms with van der Waals surface area (Å²) >= 11 is -0.957. The summed E-state index contributed by atoms with van der Waals surface area (Å²) in [6.07, 6.45) is 1.84. The average molecular weight is 300 g/mol. The van der Waals surface area contributed by atoms with Crippen LogP contribution in [0.1, 0.15) is 33.1 Å². The second kappa shape index (κ2) is 5.76. The summed E-state index contributed by atoms with van der Waals surface area (Å²) in [4.78, 5) is 29.6. The summed E-state index contributed by atoms with van der Waals surface area (Å²) in [6.45, 7) is 4.97. The monoisotopic (exact) mass is 300 g/mol. The predicted octanol–water partition coefficient (Wildman–Crippen LogP) is 2.41. The van der Waals surface area contributed by atoms with Crippen molar-refractivity contribution < 1.29 is 13.8 Å². The van der Waals surface area contributed by atoms with Crippen LogP contribution in [0.2, 0.25) is 0 Å². The van der Waals surface area contributed by atoms with Gasteiger partial charge in [-0.3, -0.25) is 9.79 Å². The average Bonchev–Trinajstić information content (AvgIpc) is 2.74. The highest BCUT2D eigenvalue weighted by atomic mass is 32.2. The van der Waals surface area contributed by atoms with Crippen LogP contribution in [0.4, 0.5) is 4.79 Å². The minimum absolute atomic E-state index is 0.0255. The number of thiol groups is 1. The molecular formula is C14H24N2O3S. The van der Waals surface area contributed by atoms with E-state index in [9.17, 15) is 9.59 Å². The van der Waals surface area contributed by atoms with Crippen molar-refractivity contribution in [2.75, 3.05) is 26.4 Å². The fraction of sp³-hybridized carbons (Fsp3) is 0.786. The molecule has 0 N–H and O–H groups in total. The number of rotatable bonds is 2. The van der Waals surface area contributed by atoms with Crippen molar-refractivity contribution in [2.24, 2.45) is 16.3 Å². The van der Waals surface area contributed by atoms with E-state index in [2.05, 4.69) is 18.8 Å². The van der Waals surface area contributed by atoms with E-state index in [0.717, 1.165) is 17.2 Å². The number of hydrogen-bond acceptors (Lipinski definition) is 4. The van der Waals surface area contributed by atoms with Gasteiger partial charge in [-0.05, 0) is 11.8 Å². The number of carbonyl (C=O) groups excluding carboxylic acids is 2. The zero-order chi connectivity index (χ0) is 14.9. The zero-order valence-corrected chi connectivity index (χ0v) is 13.6. The van der Waals surface area contributed by atoms with Crippen LogP contribution in [-0.2, 0) is 8.98 Å². The van der Waals surface area contributed by atoms with Crippen LogP contribution in [0.3, 0.4) is 0 Å². The maximum absolute atomic E-state index is 11.9. The molecule has 1 aliphatic heterocycles. The molecule has 0 aromatic carbocycles. The molecule has 0 bridgehead atoms. The molecule has 1 fully saturated rings. The van der Waals surface area contributed by atoms with Crippen molar-refractivity contribution in [1.82, 2.24) is 4.90 Å². The van der Waals surface area contributed by atoms with Crippen molar-refractivity contribution >= 4 is 28.1 Å². The Labute approximate surface area is 123 Å². The SMILES string of the molecule is CN(C)C(=O)O[SH]1CCN=C1C1CC(=O)CC(C)(C)C1. The molecule has 6 heteroatoms. The van der Waals surface area contributed by atoms with Crippen LogP contribution in [0.25, 0.3) is 0 Å². The Hall–Kier alpha value is -1.04. The molecule has 2 unspecified atom stereocenters. The van der Waals surface area contributed by atoms with Crippen molar-refractivity contribution in [3.63, 3.8) is 0 Å². The minimum Gasteiger partial charge on any atom is -0.396 e. The third-order valence-electron chi connectivity index (χ3n) is 3.70. The highest BCUT2D eigenvalue weighted by Gasteiger charge is 2.38. The van der Waals surface area contributed by atoms with Crippen molar-refractivity contribution in [3.8, 4) is 0 Å². The van der Waals surface area contributed by atoms with E-state index in [0.29, 0.717) is 25.2 Å². The van der Waals surface area contributed by atoms with Gasteiger partial charge < -0.3 is 9.08 Å². The molecule has 2 atom stereocenters. The van der Waals surface area contributed by atoms with E-state index in [4.69, 9.17) is 4.18 Å². The van der Waals surface area contributed by atoms with E-state index in [-0.39, 0.29) is 17.4 Å². The van der Waals surface area contributed by atoms with Crippen LogP contribution in [0, 0.1) is 11.3 Å². The fourth-order valence-corrected chi connectivity index (χ4v) is 4.82. The summed E-state index contributed by atoms with van der Waals surface area (Å²) in [5.74, 6) is 1.26. The van der Waals surface area contributed by atoms with Gasteiger partial charge in [-0.2, -0.15) is 0 Å². The lowest BCUT2D eigenvalue weighted by Gasteiger charge is -2.36. The molecule has 0 spiro atoms.